The first-order valence-corrected chi connectivity index (χ1v) is 13.9. The normalized spacial score (nSPS) is 50.7. The summed E-state index contributed by atoms with van der Waals surface area (Å²) in [5.74, 6) is 2.37. The molecule has 4 aliphatic carbocycles. The largest absolute Gasteiger partial charge is 0.390 e. The van der Waals surface area contributed by atoms with Crippen molar-refractivity contribution < 1.29 is 19.7 Å². The van der Waals surface area contributed by atoms with E-state index in [1.54, 1.807) is 19.4 Å². The van der Waals surface area contributed by atoms with Gasteiger partial charge in [-0.2, -0.15) is 0 Å². The van der Waals surface area contributed by atoms with Crippen LogP contribution in [0.3, 0.4) is 0 Å². The molecule has 5 aliphatic rings. The van der Waals surface area contributed by atoms with Crippen molar-refractivity contribution in [2.75, 3.05) is 6.61 Å². The number of carbonyl (C=O) groups is 1. The molecule has 4 nitrogen and oxygen atoms in total. The summed E-state index contributed by atoms with van der Waals surface area (Å²) < 4.78 is 6.12. The van der Waals surface area contributed by atoms with Gasteiger partial charge in [0.1, 0.15) is 11.9 Å². The number of ketones is 1. The molecule has 1 heterocycles. The number of rotatable bonds is 2. The Morgan fingerprint density at radius 1 is 1.06 bits per heavy atom. The van der Waals surface area contributed by atoms with Gasteiger partial charge in [-0.25, -0.2) is 0 Å². The summed E-state index contributed by atoms with van der Waals surface area (Å²) in [6.45, 7) is 16.1. The van der Waals surface area contributed by atoms with Gasteiger partial charge in [0, 0.05) is 11.8 Å². The lowest BCUT2D eigenvalue weighted by Gasteiger charge is -2.63. The molecule has 5 rings (SSSR count). The van der Waals surface area contributed by atoms with Crippen LogP contribution in [0.4, 0.5) is 0 Å². The van der Waals surface area contributed by atoms with Gasteiger partial charge in [0.05, 0.1) is 18.3 Å². The molecule has 1 aliphatic heterocycles. The van der Waals surface area contributed by atoms with Crippen LogP contribution in [-0.2, 0) is 9.53 Å². The number of allylic oxidation sites excluding steroid dienone is 2. The Bertz CT molecular complexity index is 883. The highest BCUT2D eigenvalue weighted by Gasteiger charge is 2.66. The summed E-state index contributed by atoms with van der Waals surface area (Å²) >= 11 is 0. The number of aliphatic hydroxyl groups excluding tert-OH is 1. The summed E-state index contributed by atoms with van der Waals surface area (Å²) in [5.41, 5.74) is 1.05. The van der Waals surface area contributed by atoms with Crippen molar-refractivity contribution in [3.05, 3.63) is 11.6 Å². The molecule has 0 amide bonds. The van der Waals surface area contributed by atoms with Gasteiger partial charge in [-0.1, -0.05) is 46.3 Å². The summed E-state index contributed by atoms with van der Waals surface area (Å²) in [6, 6.07) is 0. The van der Waals surface area contributed by atoms with Gasteiger partial charge in [-0.3, -0.25) is 4.79 Å². The van der Waals surface area contributed by atoms with E-state index in [4.69, 9.17) is 4.74 Å². The topological polar surface area (TPSA) is 66.8 Å². The van der Waals surface area contributed by atoms with Crippen LogP contribution in [0.5, 0.6) is 0 Å². The molecule has 2 unspecified atom stereocenters. The Labute approximate surface area is 206 Å². The van der Waals surface area contributed by atoms with E-state index in [2.05, 4.69) is 40.7 Å². The second-order valence-electron chi connectivity index (χ2n) is 14.6. The fraction of sp³-hybridized carbons (Fsp3) is 0.900. The third kappa shape index (κ3) is 3.23. The molecule has 0 spiro atoms. The Kier molecular flexibility index (Phi) is 5.62. The zero-order valence-corrected chi connectivity index (χ0v) is 22.6. The van der Waals surface area contributed by atoms with Gasteiger partial charge < -0.3 is 14.9 Å². The smallest absolute Gasteiger partial charge is 0.138 e. The van der Waals surface area contributed by atoms with E-state index < -0.39 is 17.8 Å². The number of aliphatic hydroxyl groups is 2. The van der Waals surface area contributed by atoms with Crippen molar-refractivity contribution in [3.63, 3.8) is 0 Å². The molecule has 0 radical (unpaired) electrons. The zero-order valence-electron chi connectivity index (χ0n) is 22.6. The van der Waals surface area contributed by atoms with Gasteiger partial charge in [0.2, 0.25) is 0 Å². The first-order valence-electron chi connectivity index (χ1n) is 13.9. The minimum Gasteiger partial charge on any atom is -0.390 e. The fourth-order valence-electron chi connectivity index (χ4n) is 10.1. The lowest BCUT2D eigenvalue weighted by atomic mass is 9.41. The molecular formula is C30H48O4. The van der Waals surface area contributed by atoms with Crippen molar-refractivity contribution in [1.82, 2.24) is 0 Å². The first-order chi connectivity index (χ1) is 15.7. The molecule has 34 heavy (non-hydrogen) atoms. The second kappa shape index (κ2) is 7.65. The molecular weight excluding hydrogens is 424 g/mol. The molecule has 9 atom stereocenters. The highest BCUT2D eigenvalue weighted by molar-refractivity contribution is 5.85. The molecule has 192 valence electrons. The standard InChI is InChI=1S/C30H48O4/c1-26(2)23-9-8-21-20(28(23,5)13-12-24(26)32)11-15-29(6)19(10-14-30(21,29)7)18-16-22(31)25(34-17-18)27(3,4)33/h8,18-20,22-23,25,31,33H,9-17H2,1-7H3/t18?,19-,20-,22+,23?,25+,28+,29-,30+/m0/s1. The lowest BCUT2D eigenvalue weighted by molar-refractivity contribution is -0.187. The van der Waals surface area contributed by atoms with E-state index in [1.165, 1.54) is 25.7 Å². The fourth-order valence-corrected chi connectivity index (χ4v) is 10.1. The molecule has 0 aromatic carbocycles. The van der Waals surface area contributed by atoms with Gasteiger partial charge >= 0.3 is 0 Å². The van der Waals surface area contributed by atoms with Crippen molar-refractivity contribution in [3.8, 4) is 0 Å². The maximum Gasteiger partial charge on any atom is 0.138 e. The summed E-state index contributed by atoms with van der Waals surface area (Å²) in [5, 5.41) is 21.3. The predicted octanol–water partition coefficient (Wildman–Crippen LogP) is 5.70. The lowest BCUT2D eigenvalue weighted by Crippen LogP contribution is -2.58. The van der Waals surface area contributed by atoms with Crippen molar-refractivity contribution in [1.29, 1.82) is 0 Å². The number of hydrogen-bond acceptors (Lipinski definition) is 4. The minimum atomic E-state index is -1.02. The van der Waals surface area contributed by atoms with Crippen LogP contribution in [0.2, 0.25) is 0 Å². The molecule has 4 heteroatoms. The highest BCUT2D eigenvalue weighted by Crippen LogP contribution is 2.73. The van der Waals surface area contributed by atoms with Crippen LogP contribution in [0, 0.1) is 45.3 Å². The van der Waals surface area contributed by atoms with Gasteiger partial charge in [-0.15, -0.1) is 0 Å². The van der Waals surface area contributed by atoms with E-state index in [9.17, 15) is 15.0 Å². The SMILES string of the molecule is CC1(C)C(=O)CC[C@@]2(C)C1CC=C1[C@@H]2CC[C@@]2(C)[C@H](C3CO[C@@H](C(C)(C)O)[C@H](O)C3)CC[C@]12C. The third-order valence-electron chi connectivity index (χ3n) is 12.3. The Balaban J connectivity index is 1.43. The quantitative estimate of drug-likeness (QED) is 0.506. The Morgan fingerprint density at radius 3 is 2.41 bits per heavy atom. The molecule has 0 aromatic heterocycles. The molecule has 3 saturated carbocycles. The van der Waals surface area contributed by atoms with Gasteiger partial charge in [0.25, 0.3) is 0 Å². The summed E-state index contributed by atoms with van der Waals surface area (Å²) in [7, 11) is 0. The predicted molar refractivity (Wildman–Crippen MR) is 134 cm³/mol. The minimum absolute atomic E-state index is 0.179. The van der Waals surface area contributed by atoms with Crippen LogP contribution >= 0.6 is 0 Å². The van der Waals surface area contributed by atoms with E-state index in [1.807, 2.05) is 0 Å². The molecule has 0 bridgehead atoms. The molecule has 2 N–H and O–H groups in total. The average Bonchev–Trinajstić information content (AvgIpc) is 3.02. The Morgan fingerprint density at radius 2 is 1.76 bits per heavy atom. The maximum atomic E-state index is 12.8. The van der Waals surface area contributed by atoms with Crippen molar-refractivity contribution >= 4 is 5.78 Å². The van der Waals surface area contributed by atoms with Crippen molar-refractivity contribution in [2.24, 2.45) is 45.3 Å². The maximum absolute atomic E-state index is 12.8. The zero-order chi connectivity index (χ0) is 24.9. The van der Waals surface area contributed by atoms with E-state index >= 15 is 0 Å². The molecule has 1 saturated heterocycles. The number of hydrogen-bond donors (Lipinski definition) is 2. The molecule has 0 aromatic rings. The summed E-state index contributed by atoms with van der Waals surface area (Å²) in [4.78, 5) is 12.8. The summed E-state index contributed by atoms with van der Waals surface area (Å²) in [6.07, 6.45) is 9.84. The highest BCUT2D eigenvalue weighted by atomic mass is 16.5. The Hall–Kier alpha value is -0.710. The number of Topliss-reactive ketones (excluding diaryl/α,β-unsaturated/α-hetero) is 1. The van der Waals surface area contributed by atoms with Crippen LogP contribution < -0.4 is 0 Å². The first kappa shape index (κ1) is 25.0. The number of fused-ring (bicyclic) bond motifs is 5. The van der Waals surface area contributed by atoms with Crippen LogP contribution in [0.25, 0.3) is 0 Å². The van der Waals surface area contributed by atoms with Gasteiger partial charge in [-0.05, 0) is 98.7 Å². The van der Waals surface area contributed by atoms with Crippen LogP contribution in [-0.4, -0.2) is 40.4 Å². The van der Waals surface area contributed by atoms with E-state index in [0.717, 1.165) is 25.7 Å². The molecule has 4 fully saturated rings. The number of ether oxygens (including phenoxy) is 1. The second-order valence-corrected chi connectivity index (χ2v) is 14.6. The van der Waals surface area contributed by atoms with Gasteiger partial charge in [0.15, 0.2) is 0 Å². The van der Waals surface area contributed by atoms with E-state index in [0.29, 0.717) is 36.1 Å². The average molecular weight is 473 g/mol. The van der Waals surface area contributed by atoms with Crippen molar-refractivity contribution in [2.45, 2.75) is 118 Å². The van der Waals surface area contributed by atoms with E-state index in [-0.39, 0.29) is 21.7 Å². The third-order valence-corrected chi connectivity index (χ3v) is 12.3. The number of carbonyl (C=O) groups excluding carboxylic acids is 1. The van der Waals surface area contributed by atoms with Crippen LogP contribution in [0.15, 0.2) is 11.6 Å². The van der Waals surface area contributed by atoms with Crippen LogP contribution in [0.1, 0.15) is 99.8 Å². The monoisotopic (exact) mass is 472 g/mol.